The Labute approximate surface area is 156 Å². The molecule has 0 unspecified atom stereocenters. The Bertz CT molecular complexity index is 969. The fourth-order valence-corrected chi connectivity index (χ4v) is 2.65. The second kappa shape index (κ2) is 7.90. The van der Waals surface area contributed by atoms with Gasteiger partial charge in [0.15, 0.2) is 18.1 Å². The number of amides is 1. The van der Waals surface area contributed by atoms with E-state index in [1.807, 2.05) is 19.1 Å². The van der Waals surface area contributed by atoms with E-state index in [2.05, 4.69) is 10.3 Å². The lowest BCUT2D eigenvalue weighted by Gasteiger charge is -2.12. The van der Waals surface area contributed by atoms with Crippen LogP contribution in [0.15, 0.2) is 48.8 Å². The highest BCUT2D eigenvalue weighted by atomic mass is 19.1. The fourth-order valence-electron chi connectivity index (χ4n) is 2.65. The Balaban J connectivity index is 1.65. The lowest BCUT2D eigenvalue weighted by Crippen LogP contribution is -2.20. The first kappa shape index (κ1) is 18.4. The molecule has 2 aromatic carbocycles. The number of carbonyl (C=O) groups is 1. The van der Waals surface area contributed by atoms with Gasteiger partial charge < -0.3 is 19.4 Å². The van der Waals surface area contributed by atoms with Gasteiger partial charge in [0.2, 0.25) is 0 Å². The number of halogens is 1. The van der Waals surface area contributed by atoms with Crippen LogP contribution >= 0.6 is 0 Å². The van der Waals surface area contributed by atoms with Gasteiger partial charge in [0, 0.05) is 18.1 Å². The summed E-state index contributed by atoms with van der Waals surface area (Å²) in [5.41, 5.74) is 1.73. The van der Waals surface area contributed by atoms with Crippen LogP contribution in [0.2, 0.25) is 0 Å². The van der Waals surface area contributed by atoms with Gasteiger partial charge in [-0.3, -0.25) is 4.79 Å². The van der Waals surface area contributed by atoms with Gasteiger partial charge in [0.25, 0.3) is 5.91 Å². The summed E-state index contributed by atoms with van der Waals surface area (Å²) in [7, 11) is 1.54. The lowest BCUT2D eigenvalue weighted by atomic mass is 10.2. The average Bonchev–Trinajstić information content (AvgIpc) is 3.06. The van der Waals surface area contributed by atoms with E-state index in [1.54, 1.807) is 42.1 Å². The van der Waals surface area contributed by atoms with Crippen molar-refractivity contribution in [2.75, 3.05) is 19.0 Å². The summed E-state index contributed by atoms with van der Waals surface area (Å²) < 4.78 is 26.8. The molecule has 1 N–H and O–H groups in total. The molecule has 0 aliphatic heterocycles. The number of anilines is 1. The number of methoxy groups -OCH3 is 1. The van der Waals surface area contributed by atoms with E-state index < -0.39 is 11.7 Å². The maximum atomic E-state index is 14.4. The normalized spacial score (nSPS) is 10.5. The fraction of sp³-hybridized carbons (Fsp3) is 0.200. The van der Waals surface area contributed by atoms with Crippen LogP contribution in [-0.2, 0) is 4.79 Å². The molecule has 1 aromatic heterocycles. The van der Waals surface area contributed by atoms with Crippen LogP contribution in [-0.4, -0.2) is 29.2 Å². The number of aromatic nitrogens is 2. The molecule has 3 rings (SSSR count). The lowest BCUT2D eigenvalue weighted by molar-refractivity contribution is -0.118. The van der Waals surface area contributed by atoms with Gasteiger partial charge in [0.1, 0.15) is 11.6 Å². The van der Waals surface area contributed by atoms with Crippen LogP contribution in [0.1, 0.15) is 11.4 Å². The van der Waals surface area contributed by atoms with E-state index in [1.165, 1.54) is 13.2 Å². The van der Waals surface area contributed by atoms with E-state index in [0.717, 1.165) is 5.56 Å². The Kier molecular flexibility index (Phi) is 5.40. The molecule has 0 aliphatic carbocycles. The summed E-state index contributed by atoms with van der Waals surface area (Å²) in [5.74, 6) is 0.828. The zero-order valence-corrected chi connectivity index (χ0v) is 15.3. The molecule has 27 heavy (non-hydrogen) atoms. The molecule has 140 valence electrons. The minimum absolute atomic E-state index is 0.219. The van der Waals surface area contributed by atoms with Crippen LogP contribution in [0.4, 0.5) is 10.1 Å². The molecule has 1 amide bonds. The van der Waals surface area contributed by atoms with Gasteiger partial charge in [-0.1, -0.05) is 6.07 Å². The van der Waals surface area contributed by atoms with Crippen LogP contribution in [0, 0.1) is 19.7 Å². The van der Waals surface area contributed by atoms with Crippen molar-refractivity contribution < 1.29 is 18.7 Å². The van der Waals surface area contributed by atoms with E-state index >= 15 is 0 Å². The SMILES string of the molecule is COc1cc(C)ccc1OCC(=O)Nc1ccc(-n2ccnc2C)c(F)c1. The molecular formula is C20H20FN3O3. The van der Waals surface area contributed by atoms with Crippen LogP contribution in [0.5, 0.6) is 11.5 Å². The maximum Gasteiger partial charge on any atom is 0.262 e. The monoisotopic (exact) mass is 369 g/mol. The van der Waals surface area contributed by atoms with Crippen molar-refractivity contribution in [2.24, 2.45) is 0 Å². The van der Waals surface area contributed by atoms with Gasteiger partial charge in [0.05, 0.1) is 12.8 Å². The number of ether oxygens (including phenoxy) is 2. The van der Waals surface area contributed by atoms with Gasteiger partial charge >= 0.3 is 0 Å². The highest BCUT2D eigenvalue weighted by Gasteiger charge is 2.11. The number of nitrogens with zero attached hydrogens (tertiary/aromatic N) is 2. The minimum atomic E-state index is -0.463. The Morgan fingerprint density at radius 2 is 2.00 bits per heavy atom. The molecule has 0 fully saturated rings. The highest BCUT2D eigenvalue weighted by molar-refractivity contribution is 5.92. The van der Waals surface area contributed by atoms with Crippen molar-refractivity contribution in [2.45, 2.75) is 13.8 Å². The largest absolute Gasteiger partial charge is 0.493 e. The van der Waals surface area contributed by atoms with Gasteiger partial charge in [-0.15, -0.1) is 0 Å². The van der Waals surface area contributed by atoms with E-state index in [0.29, 0.717) is 28.7 Å². The smallest absolute Gasteiger partial charge is 0.262 e. The molecule has 0 saturated heterocycles. The molecule has 0 atom stereocenters. The van der Waals surface area contributed by atoms with E-state index in [9.17, 15) is 9.18 Å². The average molecular weight is 369 g/mol. The number of imidazole rings is 1. The number of carbonyl (C=O) groups excluding carboxylic acids is 1. The summed E-state index contributed by atoms with van der Waals surface area (Å²) in [4.78, 5) is 16.2. The molecule has 0 saturated carbocycles. The second-order valence-corrected chi connectivity index (χ2v) is 6.00. The molecule has 1 heterocycles. The number of aryl methyl sites for hydroxylation is 2. The quantitative estimate of drug-likeness (QED) is 0.720. The first-order valence-electron chi connectivity index (χ1n) is 8.35. The minimum Gasteiger partial charge on any atom is -0.493 e. The summed E-state index contributed by atoms with van der Waals surface area (Å²) >= 11 is 0. The number of nitrogens with one attached hydrogen (secondary N) is 1. The van der Waals surface area contributed by atoms with Crippen molar-refractivity contribution >= 4 is 11.6 Å². The third-order valence-electron chi connectivity index (χ3n) is 3.99. The van der Waals surface area contributed by atoms with Crippen molar-refractivity contribution in [1.82, 2.24) is 9.55 Å². The Morgan fingerprint density at radius 1 is 1.19 bits per heavy atom. The standard InChI is InChI=1S/C20H20FN3O3/c1-13-4-7-18(19(10-13)26-3)27-12-20(25)23-15-5-6-17(16(21)11-15)24-9-8-22-14(24)2/h4-11H,12H2,1-3H3,(H,23,25). The zero-order chi connectivity index (χ0) is 19.4. The van der Waals surface area contributed by atoms with Gasteiger partial charge in [-0.25, -0.2) is 9.37 Å². The van der Waals surface area contributed by atoms with Gasteiger partial charge in [-0.05, 0) is 49.7 Å². The van der Waals surface area contributed by atoms with Crippen LogP contribution in [0.25, 0.3) is 5.69 Å². The molecule has 7 heteroatoms. The van der Waals surface area contributed by atoms with Crippen molar-refractivity contribution in [3.63, 3.8) is 0 Å². The molecule has 0 spiro atoms. The molecule has 0 bridgehead atoms. The van der Waals surface area contributed by atoms with Crippen molar-refractivity contribution in [3.05, 3.63) is 66.0 Å². The number of hydrogen-bond donors (Lipinski definition) is 1. The van der Waals surface area contributed by atoms with Crippen LogP contribution < -0.4 is 14.8 Å². The molecule has 3 aromatic rings. The van der Waals surface area contributed by atoms with Crippen molar-refractivity contribution in [3.8, 4) is 17.2 Å². The third-order valence-corrected chi connectivity index (χ3v) is 3.99. The Hall–Kier alpha value is -3.35. The summed E-state index contributed by atoms with van der Waals surface area (Å²) in [5, 5.41) is 2.62. The number of hydrogen-bond acceptors (Lipinski definition) is 4. The molecule has 0 radical (unpaired) electrons. The number of rotatable bonds is 6. The summed E-state index contributed by atoms with van der Waals surface area (Å²) in [6, 6.07) is 9.90. The van der Waals surface area contributed by atoms with Crippen molar-refractivity contribution in [1.29, 1.82) is 0 Å². The molecule has 6 nitrogen and oxygen atoms in total. The topological polar surface area (TPSA) is 65.4 Å². The molecular weight excluding hydrogens is 349 g/mol. The second-order valence-electron chi connectivity index (χ2n) is 6.00. The summed E-state index contributed by atoms with van der Waals surface area (Å²) in [6.07, 6.45) is 3.27. The van der Waals surface area contributed by atoms with Gasteiger partial charge in [-0.2, -0.15) is 0 Å². The predicted molar refractivity (Wildman–Crippen MR) is 100 cm³/mol. The summed E-state index contributed by atoms with van der Waals surface area (Å²) in [6.45, 7) is 3.50. The first-order valence-corrected chi connectivity index (χ1v) is 8.35. The predicted octanol–water partition coefficient (Wildman–Crippen LogP) is 3.65. The van der Waals surface area contributed by atoms with E-state index in [-0.39, 0.29) is 6.61 Å². The Morgan fingerprint density at radius 3 is 2.67 bits per heavy atom. The molecule has 0 aliphatic rings. The van der Waals surface area contributed by atoms with Crippen LogP contribution in [0.3, 0.4) is 0 Å². The third kappa shape index (κ3) is 4.25. The zero-order valence-electron chi connectivity index (χ0n) is 15.3. The van der Waals surface area contributed by atoms with E-state index in [4.69, 9.17) is 9.47 Å². The number of benzene rings is 2. The highest BCUT2D eigenvalue weighted by Crippen LogP contribution is 2.27. The first-order chi connectivity index (χ1) is 13.0. The maximum absolute atomic E-state index is 14.4.